The predicted molar refractivity (Wildman–Crippen MR) is 78.6 cm³/mol. The summed E-state index contributed by atoms with van der Waals surface area (Å²) in [5.41, 5.74) is 0.205. The van der Waals surface area contributed by atoms with E-state index in [2.05, 4.69) is 9.97 Å². The molecule has 22 heavy (non-hydrogen) atoms. The molecule has 0 bridgehead atoms. The minimum Gasteiger partial charge on any atom is -0.348 e. The van der Waals surface area contributed by atoms with E-state index < -0.39 is 17.3 Å². The summed E-state index contributed by atoms with van der Waals surface area (Å²) in [5.74, 6) is -1.39. The second-order valence-electron chi connectivity index (χ2n) is 4.86. The zero-order valence-corrected chi connectivity index (χ0v) is 13.0. The monoisotopic (exact) mass is 329 g/mol. The number of halogens is 3. The molecule has 0 saturated carbocycles. The molecule has 2 rings (SSSR count). The Labute approximate surface area is 129 Å². The number of aromatic nitrogens is 2. The van der Waals surface area contributed by atoms with Crippen LogP contribution in [-0.2, 0) is 11.0 Å². The first-order chi connectivity index (χ1) is 10.2. The normalized spacial score (nSPS) is 13.2. The summed E-state index contributed by atoms with van der Waals surface area (Å²) in [6.07, 6.45) is -4.63. The summed E-state index contributed by atoms with van der Waals surface area (Å²) >= 11 is 0.997. The molecule has 4 nitrogen and oxygen atoms in total. The van der Waals surface area contributed by atoms with Crippen molar-refractivity contribution in [2.24, 2.45) is 0 Å². The summed E-state index contributed by atoms with van der Waals surface area (Å²) < 4.78 is 38.7. The Kier molecular flexibility index (Phi) is 4.60. The highest BCUT2D eigenvalue weighted by Crippen LogP contribution is 2.33. The van der Waals surface area contributed by atoms with E-state index in [-0.39, 0.29) is 16.4 Å². The summed E-state index contributed by atoms with van der Waals surface area (Å²) in [7, 11) is 3.19. The molecule has 1 amide bonds. The third-order valence-corrected chi connectivity index (χ3v) is 3.99. The molecule has 1 atom stereocenters. The largest absolute Gasteiger partial charge is 0.451 e. The molecule has 0 radical (unpaired) electrons. The maximum Gasteiger partial charge on any atom is 0.451 e. The molecular weight excluding hydrogens is 315 g/mol. The predicted octanol–water partition coefficient (Wildman–Crippen LogP) is 3.22. The number of carbonyl (C=O) groups excluding carboxylic acids is 1. The lowest BCUT2D eigenvalue weighted by atomic mass is 10.2. The van der Waals surface area contributed by atoms with Crippen LogP contribution >= 0.6 is 11.8 Å². The van der Waals surface area contributed by atoms with Crippen LogP contribution in [0.15, 0.2) is 29.3 Å². The lowest BCUT2D eigenvalue weighted by molar-refractivity contribution is -0.145. The molecule has 2 aromatic rings. The molecule has 0 aliphatic rings. The maximum absolute atomic E-state index is 12.9. The van der Waals surface area contributed by atoms with Crippen LogP contribution in [0.4, 0.5) is 13.2 Å². The van der Waals surface area contributed by atoms with Crippen LogP contribution in [-0.4, -0.2) is 40.1 Å². The van der Waals surface area contributed by atoms with Gasteiger partial charge < -0.3 is 4.90 Å². The standard InChI is InChI=1S/C14H14F3N3OS/c1-8(12(21)20(2)3)22-11-9-6-4-5-7-10(9)18-13(19-11)14(15,16)17/h4-8H,1-3H3/t8-/m0/s1. The van der Waals surface area contributed by atoms with Gasteiger partial charge in [-0.25, -0.2) is 9.97 Å². The lowest BCUT2D eigenvalue weighted by Gasteiger charge is -2.17. The lowest BCUT2D eigenvalue weighted by Crippen LogP contribution is -2.29. The fourth-order valence-corrected chi connectivity index (χ4v) is 2.93. The highest BCUT2D eigenvalue weighted by molar-refractivity contribution is 8.00. The Morgan fingerprint density at radius 3 is 2.45 bits per heavy atom. The molecule has 0 aliphatic carbocycles. The molecule has 1 heterocycles. The van der Waals surface area contributed by atoms with Crippen LogP contribution in [0, 0.1) is 0 Å². The summed E-state index contributed by atoms with van der Waals surface area (Å²) in [6, 6.07) is 6.44. The number of benzene rings is 1. The zero-order chi connectivity index (χ0) is 16.5. The highest BCUT2D eigenvalue weighted by Gasteiger charge is 2.36. The third-order valence-electron chi connectivity index (χ3n) is 2.90. The Hall–Kier alpha value is -1.83. The van der Waals surface area contributed by atoms with E-state index in [0.717, 1.165) is 11.8 Å². The average Bonchev–Trinajstić information content (AvgIpc) is 2.45. The van der Waals surface area contributed by atoms with Gasteiger partial charge in [-0.15, -0.1) is 0 Å². The number of fused-ring (bicyclic) bond motifs is 1. The van der Waals surface area contributed by atoms with Gasteiger partial charge in [-0.05, 0) is 13.0 Å². The van der Waals surface area contributed by atoms with E-state index in [1.165, 1.54) is 11.0 Å². The smallest absolute Gasteiger partial charge is 0.348 e. The molecule has 0 fully saturated rings. The quantitative estimate of drug-likeness (QED) is 0.641. The summed E-state index contributed by atoms with van der Waals surface area (Å²) in [5, 5.41) is 0.105. The van der Waals surface area contributed by atoms with Crippen molar-refractivity contribution in [3.8, 4) is 0 Å². The van der Waals surface area contributed by atoms with Gasteiger partial charge in [0.25, 0.3) is 0 Å². The first-order valence-electron chi connectivity index (χ1n) is 6.42. The molecular formula is C14H14F3N3OS. The van der Waals surface area contributed by atoms with Crippen LogP contribution in [0.25, 0.3) is 10.9 Å². The van der Waals surface area contributed by atoms with Crippen LogP contribution in [0.3, 0.4) is 0 Å². The number of hydrogen-bond acceptors (Lipinski definition) is 4. The van der Waals surface area contributed by atoms with Gasteiger partial charge in [0, 0.05) is 19.5 Å². The zero-order valence-electron chi connectivity index (χ0n) is 12.2. The van der Waals surface area contributed by atoms with Crippen LogP contribution in [0.2, 0.25) is 0 Å². The molecule has 1 aromatic heterocycles. The van der Waals surface area contributed by atoms with Crippen LogP contribution < -0.4 is 0 Å². The van der Waals surface area contributed by atoms with Crippen LogP contribution in [0.1, 0.15) is 12.7 Å². The van der Waals surface area contributed by atoms with E-state index in [1.807, 2.05) is 0 Å². The van der Waals surface area contributed by atoms with Gasteiger partial charge in [0.1, 0.15) is 5.03 Å². The van der Waals surface area contributed by atoms with Crippen molar-refractivity contribution in [2.75, 3.05) is 14.1 Å². The van der Waals surface area contributed by atoms with Crippen molar-refractivity contribution in [1.82, 2.24) is 14.9 Å². The number of hydrogen-bond donors (Lipinski definition) is 0. The molecule has 0 saturated heterocycles. The fourth-order valence-electron chi connectivity index (χ4n) is 1.85. The Morgan fingerprint density at radius 1 is 1.23 bits per heavy atom. The molecule has 0 N–H and O–H groups in total. The number of carbonyl (C=O) groups is 1. The van der Waals surface area contributed by atoms with Gasteiger partial charge in [-0.1, -0.05) is 30.0 Å². The maximum atomic E-state index is 12.9. The fraction of sp³-hybridized carbons (Fsp3) is 0.357. The minimum absolute atomic E-state index is 0.153. The Morgan fingerprint density at radius 2 is 1.86 bits per heavy atom. The molecule has 1 aromatic carbocycles. The molecule has 0 unspecified atom stereocenters. The van der Waals surface area contributed by atoms with E-state index in [9.17, 15) is 18.0 Å². The SMILES string of the molecule is C[C@H](Sc1nc(C(F)(F)F)nc2ccccc12)C(=O)N(C)C. The summed E-state index contributed by atoms with van der Waals surface area (Å²) in [4.78, 5) is 20.5. The summed E-state index contributed by atoms with van der Waals surface area (Å²) in [6.45, 7) is 1.64. The van der Waals surface area contributed by atoms with Crippen molar-refractivity contribution in [1.29, 1.82) is 0 Å². The van der Waals surface area contributed by atoms with Gasteiger partial charge in [0.15, 0.2) is 0 Å². The molecule has 0 spiro atoms. The van der Waals surface area contributed by atoms with Crippen molar-refractivity contribution in [3.05, 3.63) is 30.1 Å². The second-order valence-corrected chi connectivity index (χ2v) is 6.19. The van der Waals surface area contributed by atoms with Crippen molar-refractivity contribution < 1.29 is 18.0 Å². The van der Waals surface area contributed by atoms with E-state index in [1.54, 1.807) is 39.2 Å². The van der Waals surface area contributed by atoms with Crippen molar-refractivity contribution in [2.45, 2.75) is 23.4 Å². The topological polar surface area (TPSA) is 46.1 Å². The number of amides is 1. The van der Waals surface area contributed by atoms with Gasteiger partial charge in [0.05, 0.1) is 10.8 Å². The number of nitrogens with zero attached hydrogens (tertiary/aromatic N) is 3. The van der Waals surface area contributed by atoms with Gasteiger partial charge in [0.2, 0.25) is 11.7 Å². The van der Waals surface area contributed by atoms with Gasteiger partial charge in [-0.3, -0.25) is 4.79 Å². The second kappa shape index (κ2) is 6.12. The molecule has 0 aliphatic heterocycles. The highest BCUT2D eigenvalue weighted by atomic mass is 32.2. The number of para-hydroxylation sites is 1. The first-order valence-corrected chi connectivity index (χ1v) is 7.30. The van der Waals surface area contributed by atoms with E-state index in [0.29, 0.717) is 5.39 Å². The molecule has 118 valence electrons. The Balaban J connectivity index is 2.49. The molecule has 8 heteroatoms. The first kappa shape index (κ1) is 16.5. The number of alkyl halides is 3. The van der Waals surface area contributed by atoms with Gasteiger partial charge >= 0.3 is 6.18 Å². The number of thioether (sulfide) groups is 1. The van der Waals surface area contributed by atoms with Crippen LogP contribution in [0.5, 0.6) is 0 Å². The van der Waals surface area contributed by atoms with Gasteiger partial charge in [-0.2, -0.15) is 13.2 Å². The van der Waals surface area contributed by atoms with Crippen molar-refractivity contribution in [3.63, 3.8) is 0 Å². The average molecular weight is 329 g/mol. The Bertz CT molecular complexity index is 703. The van der Waals surface area contributed by atoms with E-state index >= 15 is 0 Å². The number of rotatable bonds is 3. The minimum atomic E-state index is -4.63. The van der Waals surface area contributed by atoms with E-state index in [4.69, 9.17) is 0 Å². The van der Waals surface area contributed by atoms with Crippen molar-refractivity contribution >= 4 is 28.6 Å². The third kappa shape index (κ3) is 3.49.